The molecule has 0 aliphatic rings. The number of nitrogens with zero attached hydrogens (tertiary/aromatic N) is 3. The molecule has 0 atom stereocenters. The summed E-state index contributed by atoms with van der Waals surface area (Å²) < 4.78 is 21.6. The summed E-state index contributed by atoms with van der Waals surface area (Å²) in [5.74, 6) is 1.88. The summed E-state index contributed by atoms with van der Waals surface area (Å²) in [4.78, 5) is 18.4. The van der Waals surface area contributed by atoms with Gasteiger partial charge in [-0.1, -0.05) is 5.16 Å². The predicted molar refractivity (Wildman–Crippen MR) is 99.7 cm³/mol. The van der Waals surface area contributed by atoms with Gasteiger partial charge in [-0.25, -0.2) is 0 Å². The van der Waals surface area contributed by atoms with Crippen molar-refractivity contribution >= 4 is 21.8 Å². The van der Waals surface area contributed by atoms with E-state index >= 15 is 0 Å². The molecule has 0 radical (unpaired) electrons. The summed E-state index contributed by atoms with van der Waals surface area (Å²) in [6.45, 7) is 2.50. The van der Waals surface area contributed by atoms with Gasteiger partial charge >= 0.3 is 0 Å². The molecule has 0 aliphatic carbocycles. The fourth-order valence-corrected chi connectivity index (χ4v) is 2.79. The van der Waals surface area contributed by atoms with E-state index in [1.807, 2.05) is 6.92 Å². The molecular formula is C18H18BrN3O5. The van der Waals surface area contributed by atoms with Crippen molar-refractivity contribution < 1.29 is 23.2 Å². The third-order valence-electron chi connectivity index (χ3n) is 3.89. The van der Waals surface area contributed by atoms with E-state index in [0.717, 1.165) is 0 Å². The second kappa shape index (κ2) is 8.26. The quantitative estimate of drug-likeness (QED) is 0.557. The fourth-order valence-electron chi connectivity index (χ4n) is 2.49. The lowest BCUT2D eigenvalue weighted by atomic mass is 10.2. The van der Waals surface area contributed by atoms with Crippen LogP contribution in [-0.4, -0.2) is 41.7 Å². The van der Waals surface area contributed by atoms with Crippen molar-refractivity contribution in [3.8, 4) is 22.9 Å². The Balaban J connectivity index is 1.78. The molecule has 0 N–H and O–H groups in total. The zero-order valence-corrected chi connectivity index (χ0v) is 16.6. The molecule has 1 amide bonds. The van der Waals surface area contributed by atoms with Gasteiger partial charge in [0.2, 0.25) is 11.7 Å². The van der Waals surface area contributed by atoms with E-state index in [1.54, 1.807) is 49.5 Å². The first-order valence-electron chi connectivity index (χ1n) is 8.15. The first-order valence-corrected chi connectivity index (χ1v) is 8.94. The lowest BCUT2D eigenvalue weighted by Gasteiger charge is -2.16. The molecule has 0 aliphatic heterocycles. The third kappa shape index (κ3) is 4.13. The molecule has 3 rings (SSSR count). The summed E-state index contributed by atoms with van der Waals surface area (Å²) in [6.07, 6.45) is 0. The number of hydrogen-bond acceptors (Lipinski definition) is 7. The molecule has 0 saturated carbocycles. The Kier molecular flexibility index (Phi) is 5.80. The van der Waals surface area contributed by atoms with Gasteiger partial charge in [0.25, 0.3) is 5.91 Å². The Labute approximate surface area is 164 Å². The van der Waals surface area contributed by atoms with E-state index in [9.17, 15) is 4.79 Å². The Morgan fingerprint density at radius 1 is 1.19 bits per heavy atom. The first-order chi connectivity index (χ1) is 13.0. The number of benzene rings is 1. The minimum atomic E-state index is -0.255. The van der Waals surface area contributed by atoms with Gasteiger partial charge in [-0.05, 0) is 53.2 Å². The van der Waals surface area contributed by atoms with Crippen LogP contribution in [0.3, 0.4) is 0 Å². The van der Waals surface area contributed by atoms with Crippen molar-refractivity contribution in [1.29, 1.82) is 0 Å². The van der Waals surface area contributed by atoms with E-state index in [0.29, 0.717) is 40.0 Å². The van der Waals surface area contributed by atoms with Crippen molar-refractivity contribution in [2.24, 2.45) is 0 Å². The molecule has 0 unspecified atom stereocenters. The van der Waals surface area contributed by atoms with Crippen LogP contribution in [0, 0.1) is 0 Å². The van der Waals surface area contributed by atoms with Crippen LogP contribution in [0.5, 0.6) is 11.5 Å². The largest absolute Gasteiger partial charge is 0.493 e. The average molecular weight is 436 g/mol. The van der Waals surface area contributed by atoms with Crippen LogP contribution in [0.2, 0.25) is 0 Å². The third-order valence-corrected chi connectivity index (χ3v) is 4.32. The second-order valence-electron chi connectivity index (χ2n) is 5.50. The van der Waals surface area contributed by atoms with Gasteiger partial charge in [0.1, 0.15) is 6.54 Å². The molecule has 0 fully saturated rings. The van der Waals surface area contributed by atoms with Gasteiger partial charge in [0.15, 0.2) is 21.9 Å². The zero-order chi connectivity index (χ0) is 19.4. The van der Waals surface area contributed by atoms with Crippen molar-refractivity contribution in [2.75, 3.05) is 20.8 Å². The minimum absolute atomic E-state index is 0.175. The SMILES string of the molecule is CCN(Cc1nc(-c2ccc(OC)c(OC)c2)no1)C(=O)c1ccc(Br)o1. The van der Waals surface area contributed by atoms with Crippen LogP contribution < -0.4 is 9.47 Å². The van der Waals surface area contributed by atoms with E-state index in [1.165, 1.54) is 0 Å². The molecule has 2 aromatic heterocycles. The van der Waals surface area contributed by atoms with Crippen molar-refractivity contribution in [1.82, 2.24) is 15.0 Å². The molecule has 1 aromatic carbocycles. The standard InChI is InChI=1S/C18H18BrN3O5/c1-4-22(18(23)13-7-8-15(19)26-13)10-16-20-17(21-27-16)11-5-6-12(24-2)14(9-11)25-3/h5-9H,4,10H2,1-3H3. The Morgan fingerprint density at radius 3 is 2.59 bits per heavy atom. The predicted octanol–water partition coefficient (Wildman–Crippen LogP) is 3.77. The highest BCUT2D eigenvalue weighted by Gasteiger charge is 2.21. The number of rotatable bonds is 7. The molecule has 27 heavy (non-hydrogen) atoms. The molecule has 0 spiro atoms. The number of hydrogen-bond donors (Lipinski definition) is 0. The van der Waals surface area contributed by atoms with E-state index in [4.69, 9.17) is 18.4 Å². The Hall–Kier alpha value is -2.81. The molecular weight excluding hydrogens is 418 g/mol. The lowest BCUT2D eigenvalue weighted by Crippen LogP contribution is -2.30. The highest BCUT2D eigenvalue weighted by molar-refractivity contribution is 9.10. The molecule has 9 heteroatoms. The van der Waals surface area contributed by atoms with Crippen LogP contribution in [0.25, 0.3) is 11.4 Å². The fraction of sp³-hybridized carbons (Fsp3) is 0.278. The maximum Gasteiger partial charge on any atom is 0.290 e. The number of carbonyl (C=O) groups is 1. The number of aromatic nitrogens is 2. The highest BCUT2D eigenvalue weighted by atomic mass is 79.9. The maximum atomic E-state index is 12.5. The van der Waals surface area contributed by atoms with E-state index in [-0.39, 0.29) is 18.2 Å². The van der Waals surface area contributed by atoms with Gasteiger partial charge in [-0.3, -0.25) is 4.79 Å². The summed E-state index contributed by atoms with van der Waals surface area (Å²) in [6, 6.07) is 8.61. The summed E-state index contributed by atoms with van der Waals surface area (Å²) in [5, 5.41) is 3.99. The molecule has 0 bridgehead atoms. The van der Waals surface area contributed by atoms with Crippen LogP contribution in [-0.2, 0) is 6.54 Å². The highest BCUT2D eigenvalue weighted by Crippen LogP contribution is 2.31. The number of ether oxygens (including phenoxy) is 2. The Morgan fingerprint density at radius 2 is 1.96 bits per heavy atom. The lowest BCUT2D eigenvalue weighted by molar-refractivity contribution is 0.0701. The van der Waals surface area contributed by atoms with Gasteiger partial charge < -0.3 is 23.3 Å². The summed E-state index contributed by atoms with van der Waals surface area (Å²) in [5.41, 5.74) is 0.715. The average Bonchev–Trinajstić information content (AvgIpc) is 3.34. The van der Waals surface area contributed by atoms with Crippen LogP contribution >= 0.6 is 15.9 Å². The summed E-state index contributed by atoms with van der Waals surface area (Å²) >= 11 is 3.19. The van der Waals surface area contributed by atoms with E-state index in [2.05, 4.69) is 26.1 Å². The van der Waals surface area contributed by atoms with Crippen molar-refractivity contribution in [3.05, 3.63) is 46.7 Å². The van der Waals surface area contributed by atoms with Crippen molar-refractivity contribution in [2.45, 2.75) is 13.5 Å². The number of amides is 1. The number of methoxy groups -OCH3 is 2. The van der Waals surface area contributed by atoms with Crippen LogP contribution in [0.1, 0.15) is 23.4 Å². The molecule has 0 saturated heterocycles. The monoisotopic (exact) mass is 435 g/mol. The Bertz CT molecular complexity index is 937. The normalized spacial score (nSPS) is 10.7. The minimum Gasteiger partial charge on any atom is -0.493 e. The van der Waals surface area contributed by atoms with Gasteiger partial charge in [-0.15, -0.1) is 0 Å². The van der Waals surface area contributed by atoms with E-state index < -0.39 is 0 Å². The summed E-state index contributed by atoms with van der Waals surface area (Å²) in [7, 11) is 3.12. The molecule has 8 nitrogen and oxygen atoms in total. The smallest absolute Gasteiger partial charge is 0.290 e. The molecule has 142 valence electrons. The van der Waals surface area contributed by atoms with Crippen LogP contribution in [0.4, 0.5) is 0 Å². The number of furan rings is 1. The molecule has 2 heterocycles. The zero-order valence-electron chi connectivity index (χ0n) is 15.1. The molecule has 3 aromatic rings. The first kappa shape index (κ1) is 19.0. The van der Waals surface area contributed by atoms with Gasteiger partial charge in [-0.2, -0.15) is 4.98 Å². The number of carbonyl (C=O) groups excluding carboxylic acids is 1. The van der Waals surface area contributed by atoms with Gasteiger partial charge in [0, 0.05) is 12.1 Å². The topological polar surface area (TPSA) is 90.8 Å². The van der Waals surface area contributed by atoms with Gasteiger partial charge in [0.05, 0.1) is 14.2 Å². The van der Waals surface area contributed by atoms with Crippen molar-refractivity contribution in [3.63, 3.8) is 0 Å². The second-order valence-corrected chi connectivity index (χ2v) is 6.29. The van der Waals surface area contributed by atoms with Crippen LogP contribution in [0.15, 0.2) is 43.9 Å². The number of halogens is 1. The maximum absolute atomic E-state index is 12.5.